The van der Waals surface area contributed by atoms with Crippen LogP contribution in [-0.4, -0.2) is 22.4 Å². The summed E-state index contributed by atoms with van der Waals surface area (Å²) in [6.45, 7) is 7.04. The van der Waals surface area contributed by atoms with Crippen LogP contribution in [0.5, 0.6) is 0 Å². The van der Waals surface area contributed by atoms with E-state index in [2.05, 4.69) is 38.2 Å². The lowest BCUT2D eigenvalue weighted by atomic mass is 9.48. The zero-order chi connectivity index (χ0) is 16.0. The first kappa shape index (κ1) is 14.2. The predicted molar refractivity (Wildman–Crippen MR) is 92.0 cm³/mol. The molecule has 122 valence electrons. The molecule has 5 rings (SSSR count). The van der Waals surface area contributed by atoms with Crippen molar-refractivity contribution in [3.8, 4) is 0 Å². The van der Waals surface area contributed by atoms with Crippen molar-refractivity contribution in [2.75, 3.05) is 0 Å². The predicted octanol–water partition coefficient (Wildman–Crippen LogP) is 3.54. The van der Waals surface area contributed by atoms with Gasteiger partial charge in [0.05, 0.1) is 11.4 Å². The molecule has 4 aliphatic rings. The van der Waals surface area contributed by atoms with Gasteiger partial charge in [0.1, 0.15) is 5.60 Å². The van der Waals surface area contributed by atoms with Gasteiger partial charge in [0, 0.05) is 29.0 Å². The van der Waals surface area contributed by atoms with E-state index in [9.17, 15) is 5.11 Å². The van der Waals surface area contributed by atoms with E-state index < -0.39 is 5.60 Å². The maximum Gasteiger partial charge on any atom is 0.132 e. The Balaban J connectivity index is 1.68. The van der Waals surface area contributed by atoms with Crippen molar-refractivity contribution in [3.05, 3.63) is 29.8 Å². The summed E-state index contributed by atoms with van der Waals surface area (Å²) >= 11 is 0. The van der Waals surface area contributed by atoms with Crippen molar-refractivity contribution < 1.29 is 5.11 Å². The van der Waals surface area contributed by atoms with Crippen molar-refractivity contribution in [1.82, 2.24) is 5.32 Å². The third-order valence-electron chi connectivity index (χ3n) is 7.46. The number of piperidine rings is 1. The normalized spacial score (nSPS) is 45.9. The third-order valence-corrected chi connectivity index (χ3v) is 7.46. The van der Waals surface area contributed by atoms with Gasteiger partial charge in [-0.05, 0) is 51.0 Å². The van der Waals surface area contributed by atoms with Crippen LogP contribution in [0.4, 0.5) is 5.69 Å². The topological polar surface area (TPSA) is 44.6 Å². The summed E-state index contributed by atoms with van der Waals surface area (Å²) in [5, 5.41) is 15.6. The van der Waals surface area contributed by atoms with E-state index >= 15 is 0 Å². The molecule has 1 saturated heterocycles. The van der Waals surface area contributed by atoms with Gasteiger partial charge in [-0.15, -0.1) is 0 Å². The number of para-hydroxylation sites is 1. The van der Waals surface area contributed by atoms with Crippen LogP contribution in [-0.2, 0) is 5.60 Å². The molecule has 2 heterocycles. The quantitative estimate of drug-likeness (QED) is 0.770. The van der Waals surface area contributed by atoms with E-state index in [0.29, 0.717) is 12.0 Å². The lowest BCUT2D eigenvalue weighted by Crippen LogP contribution is -2.70. The standard InChI is InChI=1S/C20H26N2O/c1-18(2)12-8-9-19(3)14(10-12)16(22-18)11-20(23)13-6-4-5-7-15(13)21-17(19)20/h4-7,12,14,16,22-23H,8-11H2,1-3H3/t12?,14?,16?,19-,20-/m1/s1. The highest BCUT2D eigenvalue weighted by Crippen LogP contribution is 2.61. The molecule has 3 unspecified atom stereocenters. The van der Waals surface area contributed by atoms with Gasteiger partial charge in [-0.3, -0.25) is 4.99 Å². The highest BCUT2D eigenvalue weighted by atomic mass is 16.3. The number of nitrogens with zero attached hydrogens (tertiary/aromatic N) is 1. The Bertz CT molecular complexity index is 724. The molecule has 1 aromatic rings. The SMILES string of the molecule is CC1(C)NC2C[C@]3(O)C(=Nc4ccccc43)[C@]3(C)CCC1CC23. The highest BCUT2D eigenvalue weighted by molar-refractivity contribution is 6.05. The molecule has 2 aliphatic heterocycles. The number of rotatable bonds is 0. The van der Waals surface area contributed by atoms with Crippen molar-refractivity contribution in [2.24, 2.45) is 22.2 Å². The fraction of sp³-hybridized carbons (Fsp3) is 0.650. The molecular weight excluding hydrogens is 284 g/mol. The third kappa shape index (κ3) is 1.60. The molecule has 2 bridgehead atoms. The van der Waals surface area contributed by atoms with Crippen molar-refractivity contribution in [2.45, 2.75) is 63.6 Å². The summed E-state index contributed by atoms with van der Waals surface area (Å²) in [4.78, 5) is 4.96. The van der Waals surface area contributed by atoms with Crippen LogP contribution in [0.25, 0.3) is 0 Å². The van der Waals surface area contributed by atoms with Gasteiger partial charge in [-0.25, -0.2) is 0 Å². The first-order chi connectivity index (χ1) is 10.8. The number of benzene rings is 1. The Kier molecular flexibility index (Phi) is 2.51. The zero-order valence-corrected chi connectivity index (χ0v) is 14.3. The minimum Gasteiger partial charge on any atom is -0.379 e. The van der Waals surface area contributed by atoms with Gasteiger partial charge < -0.3 is 10.4 Å². The maximum atomic E-state index is 11.7. The van der Waals surface area contributed by atoms with Crippen LogP contribution in [0.15, 0.2) is 29.3 Å². The fourth-order valence-corrected chi connectivity index (χ4v) is 6.18. The van der Waals surface area contributed by atoms with E-state index in [4.69, 9.17) is 4.99 Å². The Hall–Kier alpha value is -1.19. The largest absolute Gasteiger partial charge is 0.379 e. The average molecular weight is 310 g/mol. The molecule has 23 heavy (non-hydrogen) atoms. The number of hydrogen-bond acceptors (Lipinski definition) is 3. The van der Waals surface area contributed by atoms with E-state index in [1.165, 1.54) is 12.8 Å². The van der Waals surface area contributed by atoms with Gasteiger partial charge in [-0.1, -0.05) is 25.1 Å². The van der Waals surface area contributed by atoms with E-state index in [-0.39, 0.29) is 11.0 Å². The second-order valence-electron chi connectivity index (χ2n) is 9.01. The lowest BCUT2D eigenvalue weighted by Gasteiger charge is -2.62. The van der Waals surface area contributed by atoms with E-state index in [1.807, 2.05) is 12.1 Å². The summed E-state index contributed by atoms with van der Waals surface area (Å²) in [7, 11) is 0. The maximum absolute atomic E-state index is 11.7. The summed E-state index contributed by atoms with van der Waals surface area (Å²) in [5.74, 6) is 1.34. The zero-order valence-electron chi connectivity index (χ0n) is 14.3. The first-order valence-corrected chi connectivity index (χ1v) is 9.04. The monoisotopic (exact) mass is 310 g/mol. The van der Waals surface area contributed by atoms with Crippen LogP contribution >= 0.6 is 0 Å². The lowest BCUT2D eigenvalue weighted by molar-refractivity contribution is -0.0566. The molecule has 5 atom stereocenters. The van der Waals surface area contributed by atoms with Gasteiger partial charge in [0.2, 0.25) is 0 Å². The summed E-state index contributed by atoms with van der Waals surface area (Å²) in [6.07, 6.45) is 4.41. The molecule has 2 aliphatic carbocycles. The Morgan fingerprint density at radius 1 is 1.22 bits per heavy atom. The van der Waals surface area contributed by atoms with Crippen LogP contribution in [0.2, 0.25) is 0 Å². The second kappa shape index (κ2) is 4.07. The second-order valence-corrected chi connectivity index (χ2v) is 9.01. The molecule has 2 saturated carbocycles. The van der Waals surface area contributed by atoms with Crippen LogP contribution < -0.4 is 5.32 Å². The number of aliphatic imine (C=N–C) groups is 1. The molecule has 0 spiro atoms. The molecule has 3 heteroatoms. The molecule has 3 fully saturated rings. The van der Waals surface area contributed by atoms with Gasteiger partial charge >= 0.3 is 0 Å². The average Bonchev–Trinajstić information content (AvgIpc) is 2.80. The number of fused-ring (bicyclic) bond motifs is 5. The molecule has 1 aromatic carbocycles. The smallest absolute Gasteiger partial charge is 0.132 e. The summed E-state index contributed by atoms with van der Waals surface area (Å²) in [6, 6.07) is 8.54. The minimum absolute atomic E-state index is 0.0245. The van der Waals surface area contributed by atoms with Crippen molar-refractivity contribution >= 4 is 11.4 Å². The van der Waals surface area contributed by atoms with E-state index in [1.54, 1.807) is 0 Å². The van der Waals surface area contributed by atoms with Crippen LogP contribution in [0.3, 0.4) is 0 Å². The molecule has 0 radical (unpaired) electrons. The molecule has 3 nitrogen and oxygen atoms in total. The first-order valence-electron chi connectivity index (χ1n) is 9.04. The summed E-state index contributed by atoms with van der Waals surface area (Å²) in [5.41, 5.74) is 2.36. The van der Waals surface area contributed by atoms with E-state index in [0.717, 1.165) is 35.7 Å². The molecule has 2 N–H and O–H groups in total. The molecular formula is C20H26N2O. The Labute approximate surface area is 138 Å². The van der Waals surface area contributed by atoms with Crippen LogP contribution in [0.1, 0.15) is 52.0 Å². The van der Waals surface area contributed by atoms with Crippen molar-refractivity contribution in [3.63, 3.8) is 0 Å². The number of hydrogen-bond donors (Lipinski definition) is 2. The number of nitrogens with one attached hydrogen (secondary N) is 1. The Morgan fingerprint density at radius 2 is 2.00 bits per heavy atom. The fourth-order valence-electron chi connectivity index (χ4n) is 6.18. The highest BCUT2D eigenvalue weighted by Gasteiger charge is 2.63. The molecule has 0 amide bonds. The molecule has 0 aromatic heterocycles. The van der Waals surface area contributed by atoms with Crippen LogP contribution in [0, 0.1) is 17.3 Å². The Morgan fingerprint density at radius 3 is 2.83 bits per heavy atom. The van der Waals surface area contributed by atoms with Crippen molar-refractivity contribution in [1.29, 1.82) is 0 Å². The van der Waals surface area contributed by atoms with Gasteiger partial charge in [0.25, 0.3) is 0 Å². The minimum atomic E-state index is -0.875. The van der Waals surface area contributed by atoms with Gasteiger partial charge in [-0.2, -0.15) is 0 Å². The summed E-state index contributed by atoms with van der Waals surface area (Å²) < 4.78 is 0. The van der Waals surface area contributed by atoms with Gasteiger partial charge in [0.15, 0.2) is 0 Å². The number of aliphatic hydroxyl groups is 1.